The molecule has 5 fully saturated rings. The van der Waals surface area contributed by atoms with E-state index in [1.807, 2.05) is 0 Å². The highest BCUT2D eigenvalue weighted by Crippen LogP contribution is 2.90. The summed E-state index contributed by atoms with van der Waals surface area (Å²) in [6.45, 7) is 0. The van der Waals surface area contributed by atoms with Crippen molar-refractivity contribution in [2.75, 3.05) is 0 Å². The highest BCUT2D eigenvalue weighted by molar-refractivity contribution is 6.12. The van der Waals surface area contributed by atoms with Crippen molar-refractivity contribution in [2.24, 2.45) is 21.7 Å². The average Bonchev–Trinajstić information content (AvgIpc) is 2.73. The van der Waals surface area contributed by atoms with E-state index in [1.54, 1.807) is 0 Å². The van der Waals surface area contributed by atoms with Crippen molar-refractivity contribution < 1.29 is 28.7 Å². The number of hydrogen-bond acceptors (Lipinski definition) is 6. The number of cyclic esters (lactones) is 4. The zero-order chi connectivity index (χ0) is 16.1. The first-order valence-corrected chi connectivity index (χ1v) is 8.50. The van der Waals surface area contributed by atoms with Crippen LogP contribution in [0.2, 0.25) is 0 Å². The Morgan fingerprint density at radius 2 is 1.09 bits per heavy atom. The Labute approximate surface area is 132 Å². The molecule has 6 heteroatoms. The van der Waals surface area contributed by atoms with Gasteiger partial charge in [-0.3, -0.25) is 19.2 Å². The molecule has 6 nitrogen and oxygen atoms in total. The van der Waals surface area contributed by atoms with Crippen molar-refractivity contribution in [3.63, 3.8) is 0 Å². The number of rotatable bonds is 0. The van der Waals surface area contributed by atoms with E-state index in [0.29, 0.717) is 25.7 Å². The summed E-state index contributed by atoms with van der Waals surface area (Å²) in [5.41, 5.74) is -3.87. The van der Waals surface area contributed by atoms with Crippen LogP contribution in [0.3, 0.4) is 0 Å². The predicted molar refractivity (Wildman–Crippen MR) is 73.5 cm³/mol. The van der Waals surface area contributed by atoms with Crippen LogP contribution in [-0.2, 0) is 28.7 Å². The first-order valence-electron chi connectivity index (χ1n) is 8.50. The van der Waals surface area contributed by atoms with Crippen molar-refractivity contribution >= 4 is 23.9 Å². The molecule has 0 bridgehead atoms. The van der Waals surface area contributed by atoms with E-state index < -0.39 is 45.5 Å². The van der Waals surface area contributed by atoms with Gasteiger partial charge in [0.1, 0.15) is 5.41 Å². The Morgan fingerprint density at radius 1 is 0.609 bits per heavy atom. The summed E-state index contributed by atoms with van der Waals surface area (Å²) in [4.78, 5) is 50.6. The molecule has 3 aliphatic carbocycles. The van der Waals surface area contributed by atoms with Gasteiger partial charge in [-0.15, -0.1) is 0 Å². The molecular formula is C17H18O6. The maximum atomic E-state index is 12.9. The summed E-state index contributed by atoms with van der Waals surface area (Å²) < 4.78 is 10.1. The topological polar surface area (TPSA) is 86.7 Å². The van der Waals surface area contributed by atoms with E-state index in [1.165, 1.54) is 0 Å². The standard InChI is InChI=1S/C17H18O6/c18-10-9-14-5-1-2-6-15(14,11(19)22-10)17-8-4-3-7-16(14,17)12(20)23-13(17)21/h1-9H2. The molecule has 122 valence electrons. The third-order valence-electron chi connectivity index (χ3n) is 7.73. The number of hydrogen-bond donors (Lipinski definition) is 0. The fourth-order valence-electron chi connectivity index (χ4n) is 7.35. The molecule has 2 saturated heterocycles. The van der Waals surface area contributed by atoms with Crippen molar-refractivity contribution in [2.45, 2.75) is 57.8 Å². The molecule has 0 aromatic carbocycles. The molecule has 3 saturated carbocycles. The number of carbonyl (C=O) groups excluding carboxylic acids is 4. The molecule has 0 aromatic heterocycles. The Hall–Kier alpha value is -1.72. The quantitative estimate of drug-likeness (QED) is 0.498. The average molecular weight is 318 g/mol. The fourth-order valence-corrected chi connectivity index (χ4v) is 7.35. The highest BCUT2D eigenvalue weighted by Gasteiger charge is 2.98. The van der Waals surface area contributed by atoms with Gasteiger partial charge in [-0.25, -0.2) is 0 Å². The molecule has 0 radical (unpaired) electrons. The monoisotopic (exact) mass is 318 g/mol. The normalized spacial score (nSPS) is 50.8. The zero-order valence-corrected chi connectivity index (χ0v) is 12.8. The lowest BCUT2D eigenvalue weighted by Gasteiger charge is -2.78. The van der Waals surface area contributed by atoms with Crippen molar-refractivity contribution in [3.8, 4) is 0 Å². The highest BCUT2D eigenvalue weighted by atomic mass is 16.6. The third kappa shape index (κ3) is 0.977. The van der Waals surface area contributed by atoms with E-state index in [2.05, 4.69) is 0 Å². The number of esters is 4. The van der Waals surface area contributed by atoms with Crippen LogP contribution in [0.25, 0.3) is 0 Å². The Bertz CT molecular complexity index is 697. The molecule has 0 amide bonds. The Morgan fingerprint density at radius 3 is 1.74 bits per heavy atom. The zero-order valence-electron chi connectivity index (χ0n) is 12.8. The summed E-state index contributed by atoms with van der Waals surface area (Å²) in [6.07, 6.45) is 5.52. The van der Waals surface area contributed by atoms with Crippen molar-refractivity contribution in [1.82, 2.24) is 0 Å². The summed E-state index contributed by atoms with van der Waals surface area (Å²) >= 11 is 0. The minimum Gasteiger partial charge on any atom is -0.393 e. The van der Waals surface area contributed by atoms with Gasteiger partial charge >= 0.3 is 23.9 Å². The van der Waals surface area contributed by atoms with Crippen LogP contribution >= 0.6 is 0 Å². The van der Waals surface area contributed by atoms with Crippen molar-refractivity contribution in [3.05, 3.63) is 0 Å². The minimum absolute atomic E-state index is 0.0584. The molecule has 0 spiro atoms. The van der Waals surface area contributed by atoms with Crippen LogP contribution in [0.5, 0.6) is 0 Å². The molecule has 0 aromatic rings. The van der Waals surface area contributed by atoms with E-state index in [0.717, 1.165) is 25.7 Å². The molecule has 4 atom stereocenters. The summed E-state index contributed by atoms with van der Waals surface area (Å²) in [5.74, 6) is -2.20. The number of ether oxygens (including phenoxy) is 2. The lowest BCUT2D eigenvalue weighted by atomic mass is 9.19. The SMILES string of the molecule is O=C1CC23CCCCC2(C(=O)O1)C12CCCCC31C(=O)OC2=O. The Balaban J connectivity index is 1.86. The lowest BCUT2D eigenvalue weighted by Crippen LogP contribution is -2.85. The third-order valence-corrected chi connectivity index (χ3v) is 7.73. The van der Waals surface area contributed by atoms with Gasteiger partial charge in [0.05, 0.1) is 17.3 Å². The summed E-state index contributed by atoms with van der Waals surface area (Å²) in [7, 11) is 0. The molecule has 5 rings (SSSR count). The maximum Gasteiger partial charge on any atom is 0.322 e. The summed E-state index contributed by atoms with van der Waals surface area (Å²) in [6, 6.07) is 0. The maximum absolute atomic E-state index is 12.9. The first-order chi connectivity index (χ1) is 11.0. The van der Waals surface area contributed by atoms with Crippen LogP contribution in [0.15, 0.2) is 0 Å². The van der Waals surface area contributed by atoms with Gasteiger partial charge in [-0.2, -0.15) is 0 Å². The van der Waals surface area contributed by atoms with Crippen LogP contribution in [-0.4, -0.2) is 23.9 Å². The van der Waals surface area contributed by atoms with Crippen molar-refractivity contribution in [1.29, 1.82) is 0 Å². The second-order valence-corrected chi connectivity index (χ2v) is 7.83. The molecule has 2 aliphatic heterocycles. The summed E-state index contributed by atoms with van der Waals surface area (Å²) in [5, 5.41) is 0. The van der Waals surface area contributed by atoms with Crippen LogP contribution in [0.1, 0.15) is 57.8 Å². The van der Waals surface area contributed by atoms with Crippen LogP contribution < -0.4 is 0 Å². The van der Waals surface area contributed by atoms with E-state index in [9.17, 15) is 19.2 Å². The first kappa shape index (κ1) is 13.7. The van der Waals surface area contributed by atoms with Gasteiger partial charge in [0.2, 0.25) is 0 Å². The van der Waals surface area contributed by atoms with Crippen LogP contribution in [0.4, 0.5) is 0 Å². The predicted octanol–water partition coefficient (Wildman–Crippen LogP) is 1.65. The van der Waals surface area contributed by atoms with Crippen LogP contribution in [0, 0.1) is 21.7 Å². The number of carbonyl (C=O) groups is 4. The van der Waals surface area contributed by atoms with Gasteiger partial charge in [0.15, 0.2) is 0 Å². The van der Waals surface area contributed by atoms with Gasteiger partial charge < -0.3 is 9.47 Å². The van der Waals surface area contributed by atoms with Gasteiger partial charge in [0.25, 0.3) is 0 Å². The van der Waals surface area contributed by atoms with Gasteiger partial charge in [0, 0.05) is 5.41 Å². The molecule has 4 unspecified atom stereocenters. The Kier molecular flexibility index (Phi) is 2.19. The second-order valence-electron chi connectivity index (χ2n) is 7.83. The van der Waals surface area contributed by atoms with E-state index >= 15 is 0 Å². The smallest absolute Gasteiger partial charge is 0.322 e. The van der Waals surface area contributed by atoms with E-state index in [4.69, 9.17) is 9.47 Å². The molecular weight excluding hydrogens is 300 g/mol. The fraction of sp³-hybridized carbons (Fsp3) is 0.765. The minimum atomic E-state index is -1.09. The molecule has 5 aliphatic rings. The molecule has 23 heavy (non-hydrogen) atoms. The van der Waals surface area contributed by atoms with E-state index in [-0.39, 0.29) is 6.42 Å². The largest absolute Gasteiger partial charge is 0.393 e. The molecule has 2 heterocycles. The second kappa shape index (κ2) is 3.68. The molecule has 0 N–H and O–H groups in total. The lowest BCUT2D eigenvalue weighted by molar-refractivity contribution is -0.333. The van der Waals surface area contributed by atoms with Gasteiger partial charge in [-0.1, -0.05) is 25.7 Å². The van der Waals surface area contributed by atoms with Gasteiger partial charge in [-0.05, 0) is 25.7 Å².